The van der Waals surface area contributed by atoms with Gasteiger partial charge in [0.1, 0.15) is 11.8 Å². The summed E-state index contributed by atoms with van der Waals surface area (Å²) in [6.45, 7) is 7.10. The number of piperidine rings is 1. The fourth-order valence-electron chi connectivity index (χ4n) is 5.49. The highest BCUT2D eigenvalue weighted by Gasteiger charge is 2.43. The zero-order valence-corrected chi connectivity index (χ0v) is 22.9. The quantitative estimate of drug-likeness (QED) is 0.486. The third kappa shape index (κ3) is 7.40. The summed E-state index contributed by atoms with van der Waals surface area (Å²) in [6.07, 6.45) is 5.86. The summed E-state index contributed by atoms with van der Waals surface area (Å²) in [5.41, 5.74) is 1.86. The van der Waals surface area contributed by atoms with E-state index in [-0.39, 0.29) is 23.8 Å². The van der Waals surface area contributed by atoms with Gasteiger partial charge in [0.15, 0.2) is 0 Å². The SMILES string of the molecule is CCOC(=O)NC(Cc1ccccc1)C(=O)N1CCC2(CCN(C(=O)C=Cc3ccccc3OCC)CC2)C1. The smallest absolute Gasteiger partial charge is 0.407 e. The van der Waals surface area contributed by atoms with Crippen LogP contribution in [-0.2, 0) is 20.7 Å². The number of ether oxygens (including phenoxy) is 2. The van der Waals surface area contributed by atoms with E-state index in [1.165, 1.54) is 0 Å². The molecule has 4 rings (SSSR count). The lowest BCUT2D eigenvalue weighted by Crippen LogP contribution is -2.50. The number of para-hydroxylation sites is 1. The van der Waals surface area contributed by atoms with Crippen LogP contribution in [0.1, 0.15) is 44.2 Å². The van der Waals surface area contributed by atoms with Crippen molar-refractivity contribution >= 4 is 24.0 Å². The summed E-state index contributed by atoms with van der Waals surface area (Å²) in [6, 6.07) is 16.7. The molecule has 0 radical (unpaired) electrons. The zero-order valence-electron chi connectivity index (χ0n) is 22.9. The lowest BCUT2D eigenvalue weighted by atomic mass is 9.77. The largest absolute Gasteiger partial charge is 0.493 e. The molecule has 39 heavy (non-hydrogen) atoms. The topological polar surface area (TPSA) is 88.2 Å². The van der Waals surface area contributed by atoms with E-state index in [9.17, 15) is 14.4 Å². The zero-order chi connectivity index (χ0) is 27.7. The highest BCUT2D eigenvalue weighted by atomic mass is 16.5. The minimum atomic E-state index is -0.687. The van der Waals surface area contributed by atoms with E-state index in [1.54, 1.807) is 13.0 Å². The van der Waals surface area contributed by atoms with Crippen LogP contribution in [0.4, 0.5) is 4.79 Å². The molecule has 2 saturated heterocycles. The molecule has 1 N–H and O–H groups in total. The monoisotopic (exact) mass is 533 g/mol. The Hall–Kier alpha value is -3.81. The van der Waals surface area contributed by atoms with Crippen LogP contribution in [0.2, 0.25) is 0 Å². The Morgan fingerprint density at radius 3 is 2.28 bits per heavy atom. The third-order valence-electron chi connectivity index (χ3n) is 7.66. The van der Waals surface area contributed by atoms with Gasteiger partial charge in [0.25, 0.3) is 0 Å². The van der Waals surface area contributed by atoms with Gasteiger partial charge in [0.2, 0.25) is 11.8 Å². The van der Waals surface area contributed by atoms with Crippen molar-refractivity contribution in [1.82, 2.24) is 15.1 Å². The number of rotatable bonds is 9. The van der Waals surface area contributed by atoms with Crippen molar-refractivity contribution in [3.05, 3.63) is 71.8 Å². The highest BCUT2D eigenvalue weighted by Crippen LogP contribution is 2.40. The molecule has 2 aromatic rings. The summed E-state index contributed by atoms with van der Waals surface area (Å²) < 4.78 is 10.7. The summed E-state index contributed by atoms with van der Waals surface area (Å²) in [5.74, 6) is 0.669. The highest BCUT2D eigenvalue weighted by molar-refractivity contribution is 5.92. The average molecular weight is 534 g/mol. The summed E-state index contributed by atoms with van der Waals surface area (Å²) >= 11 is 0. The molecule has 8 nitrogen and oxygen atoms in total. The number of benzene rings is 2. The minimum Gasteiger partial charge on any atom is -0.493 e. The Kier molecular flexibility index (Phi) is 9.63. The fourth-order valence-corrected chi connectivity index (χ4v) is 5.49. The van der Waals surface area contributed by atoms with Gasteiger partial charge < -0.3 is 24.6 Å². The standard InChI is InChI=1S/C31H39N3O5/c1-3-38-27-13-9-8-12-25(27)14-15-28(35)33-19-16-31(17-20-33)18-21-34(23-31)29(36)26(32-30(37)39-4-2)22-24-10-6-5-7-11-24/h5-15,26H,3-4,16-23H2,1-2H3,(H,32,37). The second kappa shape index (κ2) is 13.3. The van der Waals surface area contributed by atoms with Crippen molar-refractivity contribution in [2.45, 2.75) is 45.6 Å². The number of amides is 3. The van der Waals surface area contributed by atoms with Crippen molar-refractivity contribution in [3.8, 4) is 5.75 Å². The first-order valence-electron chi connectivity index (χ1n) is 13.9. The Balaban J connectivity index is 1.34. The number of hydrogen-bond donors (Lipinski definition) is 1. The van der Waals surface area contributed by atoms with E-state index in [2.05, 4.69) is 5.32 Å². The lowest BCUT2D eigenvalue weighted by molar-refractivity contribution is -0.133. The second-order valence-electron chi connectivity index (χ2n) is 10.2. The van der Waals surface area contributed by atoms with Crippen LogP contribution < -0.4 is 10.1 Å². The number of nitrogens with one attached hydrogen (secondary N) is 1. The van der Waals surface area contributed by atoms with Crippen LogP contribution in [0.25, 0.3) is 6.08 Å². The number of carbonyl (C=O) groups is 3. The molecule has 2 aliphatic rings. The van der Waals surface area contributed by atoms with E-state index < -0.39 is 12.1 Å². The lowest BCUT2D eigenvalue weighted by Gasteiger charge is -2.39. The first-order chi connectivity index (χ1) is 18.9. The number of alkyl carbamates (subject to hydrolysis) is 1. The van der Waals surface area contributed by atoms with Crippen LogP contribution in [0.5, 0.6) is 5.75 Å². The van der Waals surface area contributed by atoms with Crippen molar-refractivity contribution in [1.29, 1.82) is 0 Å². The Bertz CT molecular complexity index is 1160. The molecule has 2 aromatic carbocycles. The molecule has 1 unspecified atom stereocenters. The molecular weight excluding hydrogens is 494 g/mol. The average Bonchev–Trinajstić information content (AvgIpc) is 3.36. The van der Waals surface area contributed by atoms with Crippen molar-refractivity contribution in [3.63, 3.8) is 0 Å². The van der Waals surface area contributed by atoms with E-state index >= 15 is 0 Å². The molecule has 0 saturated carbocycles. The Morgan fingerprint density at radius 1 is 0.923 bits per heavy atom. The maximum Gasteiger partial charge on any atom is 0.407 e. The fraction of sp³-hybridized carbons (Fsp3) is 0.452. The van der Waals surface area contributed by atoms with Crippen LogP contribution in [0, 0.1) is 5.41 Å². The second-order valence-corrected chi connectivity index (χ2v) is 10.2. The molecular formula is C31H39N3O5. The van der Waals surface area contributed by atoms with Gasteiger partial charge in [-0.25, -0.2) is 4.79 Å². The molecule has 0 aromatic heterocycles. The van der Waals surface area contributed by atoms with Crippen LogP contribution >= 0.6 is 0 Å². The normalized spacial score (nSPS) is 17.3. The van der Waals surface area contributed by atoms with Gasteiger partial charge in [-0.1, -0.05) is 48.5 Å². The Labute approximate surface area is 231 Å². The molecule has 2 heterocycles. The van der Waals surface area contributed by atoms with Gasteiger partial charge in [-0.05, 0) is 56.2 Å². The van der Waals surface area contributed by atoms with Gasteiger partial charge >= 0.3 is 6.09 Å². The first kappa shape index (κ1) is 28.2. The van der Waals surface area contributed by atoms with Gasteiger partial charge in [0.05, 0.1) is 13.2 Å². The molecule has 8 heteroatoms. The van der Waals surface area contributed by atoms with E-state index in [0.29, 0.717) is 39.2 Å². The molecule has 2 fully saturated rings. The molecule has 2 aliphatic heterocycles. The molecule has 1 spiro atoms. The van der Waals surface area contributed by atoms with E-state index in [4.69, 9.17) is 9.47 Å². The van der Waals surface area contributed by atoms with Gasteiger partial charge in [0, 0.05) is 44.2 Å². The molecule has 0 aliphatic carbocycles. The van der Waals surface area contributed by atoms with Gasteiger partial charge in [-0.2, -0.15) is 0 Å². The maximum atomic E-state index is 13.6. The predicted octanol–water partition coefficient (Wildman–Crippen LogP) is 4.30. The number of hydrogen-bond acceptors (Lipinski definition) is 5. The van der Waals surface area contributed by atoms with Crippen LogP contribution in [0.3, 0.4) is 0 Å². The number of carbonyl (C=O) groups excluding carboxylic acids is 3. The van der Waals surface area contributed by atoms with Crippen molar-refractivity contribution < 1.29 is 23.9 Å². The number of likely N-dealkylation sites (tertiary alicyclic amines) is 2. The van der Waals surface area contributed by atoms with Gasteiger partial charge in [-0.15, -0.1) is 0 Å². The van der Waals surface area contributed by atoms with Crippen molar-refractivity contribution in [2.75, 3.05) is 39.4 Å². The molecule has 0 bridgehead atoms. The molecule has 1 atom stereocenters. The van der Waals surface area contributed by atoms with Crippen LogP contribution in [-0.4, -0.2) is 73.1 Å². The Morgan fingerprint density at radius 2 is 1.59 bits per heavy atom. The summed E-state index contributed by atoms with van der Waals surface area (Å²) in [5, 5.41) is 2.77. The summed E-state index contributed by atoms with van der Waals surface area (Å²) in [4.78, 5) is 42.4. The first-order valence-corrected chi connectivity index (χ1v) is 13.9. The predicted molar refractivity (Wildman–Crippen MR) is 150 cm³/mol. The van der Waals surface area contributed by atoms with Crippen LogP contribution in [0.15, 0.2) is 60.7 Å². The van der Waals surface area contributed by atoms with E-state index in [0.717, 1.165) is 36.1 Å². The van der Waals surface area contributed by atoms with Crippen molar-refractivity contribution in [2.24, 2.45) is 5.41 Å². The number of nitrogens with zero attached hydrogens (tertiary/aromatic N) is 2. The third-order valence-corrected chi connectivity index (χ3v) is 7.66. The molecule has 3 amide bonds. The van der Waals surface area contributed by atoms with E-state index in [1.807, 2.05) is 77.4 Å². The summed E-state index contributed by atoms with van der Waals surface area (Å²) in [7, 11) is 0. The maximum absolute atomic E-state index is 13.6. The molecule has 208 valence electrons. The minimum absolute atomic E-state index is 0.00105. The van der Waals surface area contributed by atoms with Gasteiger partial charge in [-0.3, -0.25) is 9.59 Å².